The van der Waals surface area contributed by atoms with E-state index in [0.717, 1.165) is 11.1 Å². The molecular weight excluding hydrogens is 354 g/mol. The van der Waals surface area contributed by atoms with E-state index < -0.39 is 5.97 Å². The summed E-state index contributed by atoms with van der Waals surface area (Å²) >= 11 is 0. The summed E-state index contributed by atoms with van der Waals surface area (Å²) in [6, 6.07) is 16.3. The molecule has 0 fully saturated rings. The second kappa shape index (κ2) is 8.28. The van der Waals surface area contributed by atoms with Crippen LogP contribution in [0.5, 0.6) is 5.75 Å². The molecular formula is C23H19NO4. The van der Waals surface area contributed by atoms with Crippen molar-refractivity contribution in [3.63, 3.8) is 0 Å². The second-order valence-electron chi connectivity index (χ2n) is 6.05. The first-order chi connectivity index (χ1) is 13.5. The van der Waals surface area contributed by atoms with E-state index in [2.05, 4.69) is 11.8 Å². The number of ether oxygens (including phenoxy) is 2. The van der Waals surface area contributed by atoms with Gasteiger partial charge in [0.05, 0.1) is 19.8 Å². The van der Waals surface area contributed by atoms with Gasteiger partial charge in [-0.3, -0.25) is 4.79 Å². The van der Waals surface area contributed by atoms with Gasteiger partial charge in [-0.15, -0.1) is 0 Å². The third-order valence-corrected chi connectivity index (χ3v) is 4.26. The summed E-state index contributed by atoms with van der Waals surface area (Å²) in [5.41, 5.74) is 2.79. The Labute approximate surface area is 163 Å². The number of hydrogen-bond donors (Lipinski definition) is 0. The highest BCUT2D eigenvalue weighted by atomic mass is 16.5. The number of esters is 1. The highest BCUT2D eigenvalue weighted by molar-refractivity contribution is 5.90. The number of benzene rings is 2. The summed E-state index contributed by atoms with van der Waals surface area (Å²) in [7, 11) is 4.51. The van der Waals surface area contributed by atoms with E-state index in [1.807, 2.05) is 30.3 Å². The molecule has 0 radical (unpaired) electrons. The van der Waals surface area contributed by atoms with E-state index in [0.29, 0.717) is 16.9 Å². The van der Waals surface area contributed by atoms with Crippen LogP contribution in [-0.4, -0.2) is 24.8 Å². The van der Waals surface area contributed by atoms with Gasteiger partial charge in [-0.05, 0) is 29.8 Å². The van der Waals surface area contributed by atoms with Crippen LogP contribution >= 0.6 is 0 Å². The lowest BCUT2D eigenvalue weighted by atomic mass is 10.0. The number of carbonyl (C=O) groups is 1. The predicted octanol–water partition coefficient (Wildman–Crippen LogP) is 3.25. The molecule has 0 spiro atoms. The largest absolute Gasteiger partial charge is 0.495 e. The van der Waals surface area contributed by atoms with Crippen molar-refractivity contribution in [3.05, 3.63) is 87.8 Å². The van der Waals surface area contributed by atoms with Crippen molar-refractivity contribution < 1.29 is 14.3 Å². The molecule has 0 saturated heterocycles. The molecule has 1 heterocycles. The number of aryl methyl sites for hydroxylation is 1. The molecule has 1 aromatic heterocycles. The molecule has 3 aromatic rings. The van der Waals surface area contributed by atoms with Gasteiger partial charge < -0.3 is 14.0 Å². The Hall–Kier alpha value is -3.78. The molecule has 0 bridgehead atoms. The summed E-state index contributed by atoms with van der Waals surface area (Å²) < 4.78 is 11.7. The fourth-order valence-electron chi connectivity index (χ4n) is 2.81. The molecule has 28 heavy (non-hydrogen) atoms. The van der Waals surface area contributed by atoms with Crippen molar-refractivity contribution in [2.24, 2.45) is 7.05 Å². The van der Waals surface area contributed by atoms with Crippen LogP contribution in [0, 0.1) is 11.8 Å². The number of nitrogens with zero attached hydrogens (tertiary/aromatic N) is 1. The number of pyridine rings is 1. The van der Waals surface area contributed by atoms with Crippen molar-refractivity contribution >= 4 is 5.97 Å². The predicted molar refractivity (Wildman–Crippen MR) is 107 cm³/mol. The lowest BCUT2D eigenvalue weighted by Gasteiger charge is -2.13. The van der Waals surface area contributed by atoms with Crippen LogP contribution in [0.1, 0.15) is 21.5 Å². The van der Waals surface area contributed by atoms with Crippen molar-refractivity contribution in [2.45, 2.75) is 0 Å². The van der Waals surface area contributed by atoms with E-state index in [-0.39, 0.29) is 11.1 Å². The maximum Gasteiger partial charge on any atom is 0.337 e. The quantitative estimate of drug-likeness (QED) is 0.522. The highest BCUT2D eigenvalue weighted by Crippen LogP contribution is 2.31. The van der Waals surface area contributed by atoms with Crippen molar-refractivity contribution in [1.82, 2.24) is 4.57 Å². The lowest BCUT2D eigenvalue weighted by molar-refractivity contribution is 0.0601. The minimum Gasteiger partial charge on any atom is -0.495 e. The minimum atomic E-state index is -0.409. The zero-order valence-corrected chi connectivity index (χ0v) is 15.9. The van der Waals surface area contributed by atoms with E-state index in [9.17, 15) is 9.59 Å². The molecule has 0 atom stereocenters. The molecule has 0 aliphatic carbocycles. The number of aromatic nitrogens is 1. The zero-order valence-electron chi connectivity index (χ0n) is 15.9. The smallest absolute Gasteiger partial charge is 0.337 e. The third-order valence-electron chi connectivity index (χ3n) is 4.26. The first-order valence-corrected chi connectivity index (χ1v) is 8.58. The molecule has 0 unspecified atom stereocenters. The number of carbonyl (C=O) groups excluding carboxylic acids is 1. The van der Waals surface area contributed by atoms with E-state index in [4.69, 9.17) is 9.47 Å². The highest BCUT2D eigenvalue weighted by Gasteiger charge is 2.16. The Morgan fingerprint density at radius 2 is 1.64 bits per heavy atom. The van der Waals surface area contributed by atoms with Gasteiger partial charge in [0, 0.05) is 24.4 Å². The first kappa shape index (κ1) is 19.0. The van der Waals surface area contributed by atoms with Crippen LogP contribution in [-0.2, 0) is 11.8 Å². The van der Waals surface area contributed by atoms with E-state index in [1.165, 1.54) is 18.8 Å². The normalized spacial score (nSPS) is 9.96. The number of rotatable bonds is 3. The Balaban J connectivity index is 2.13. The zero-order chi connectivity index (χ0) is 20.1. The molecule has 0 aliphatic heterocycles. The van der Waals surface area contributed by atoms with Gasteiger partial charge in [0.15, 0.2) is 0 Å². The molecule has 0 saturated carbocycles. The van der Waals surface area contributed by atoms with Gasteiger partial charge >= 0.3 is 5.97 Å². The average molecular weight is 373 g/mol. The summed E-state index contributed by atoms with van der Waals surface area (Å²) in [6.07, 6.45) is 1.70. The van der Waals surface area contributed by atoms with Crippen LogP contribution in [0.3, 0.4) is 0 Å². The summed E-state index contributed by atoms with van der Waals surface area (Å²) in [5.74, 6) is 5.96. The Bertz CT molecular complexity index is 1120. The standard InChI is InChI=1S/C23H19NO4/c1-24-15-20(17-10-12-18(13-11-17)23(26)28-3)21(27-2)19(22(24)25)14-9-16-7-5-4-6-8-16/h4-8,10-13,15H,1-3H3. The van der Waals surface area contributed by atoms with Gasteiger partial charge in [-0.1, -0.05) is 42.2 Å². The topological polar surface area (TPSA) is 57.5 Å². The van der Waals surface area contributed by atoms with Crippen molar-refractivity contribution in [2.75, 3.05) is 14.2 Å². The van der Waals surface area contributed by atoms with Gasteiger partial charge in [-0.2, -0.15) is 0 Å². The van der Waals surface area contributed by atoms with Crippen molar-refractivity contribution in [1.29, 1.82) is 0 Å². The molecule has 0 N–H and O–H groups in total. The lowest BCUT2D eigenvalue weighted by Crippen LogP contribution is -2.20. The molecule has 3 rings (SSSR count). The molecule has 140 valence electrons. The van der Waals surface area contributed by atoms with E-state index >= 15 is 0 Å². The molecule has 5 heteroatoms. The Morgan fingerprint density at radius 3 is 2.25 bits per heavy atom. The molecule has 0 aliphatic rings. The van der Waals surface area contributed by atoms with Crippen LogP contribution < -0.4 is 10.3 Å². The minimum absolute atomic E-state index is 0.241. The summed E-state index contributed by atoms with van der Waals surface area (Å²) in [6.45, 7) is 0. The van der Waals surface area contributed by atoms with Crippen LogP contribution in [0.2, 0.25) is 0 Å². The number of hydrogen-bond acceptors (Lipinski definition) is 4. The fourth-order valence-corrected chi connectivity index (χ4v) is 2.81. The first-order valence-electron chi connectivity index (χ1n) is 8.58. The van der Waals surface area contributed by atoms with Gasteiger partial charge in [0.25, 0.3) is 5.56 Å². The molecule has 0 amide bonds. The number of methoxy groups -OCH3 is 2. The van der Waals surface area contributed by atoms with Gasteiger partial charge in [-0.25, -0.2) is 4.79 Å². The van der Waals surface area contributed by atoms with Crippen LogP contribution in [0.25, 0.3) is 11.1 Å². The average Bonchev–Trinajstić information content (AvgIpc) is 2.74. The van der Waals surface area contributed by atoms with Crippen LogP contribution in [0.4, 0.5) is 0 Å². The SMILES string of the molecule is COC(=O)c1ccc(-c2cn(C)c(=O)c(C#Cc3ccccc3)c2OC)cc1. The third kappa shape index (κ3) is 3.81. The molecule has 2 aromatic carbocycles. The maximum atomic E-state index is 12.7. The fraction of sp³-hybridized carbons (Fsp3) is 0.130. The van der Waals surface area contributed by atoms with E-state index in [1.54, 1.807) is 37.5 Å². The molecule has 5 nitrogen and oxygen atoms in total. The van der Waals surface area contributed by atoms with Gasteiger partial charge in [0.2, 0.25) is 0 Å². The summed E-state index contributed by atoms with van der Waals surface area (Å²) in [4.78, 5) is 24.3. The van der Waals surface area contributed by atoms with Crippen LogP contribution in [0.15, 0.2) is 65.6 Å². The maximum absolute atomic E-state index is 12.7. The Kier molecular flexibility index (Phi) is 5.61. The van der Waals surface area contributed by atoms with Crippen molar-refractivity contribution in [3.8, 4) is 28.7 Å². The monoisotopic (exact) mass is 373 g/mol. The summed E-state index contributed by atoms with van der Waals surface area (Å²) in [5, 5.41) is 0. The Morgan fingerprint density at radius 1 is 0.964 bits per heavy atom. The van der Waals surface area contributed by atoms with Gasteiger partial charge in [0.1, 0.15) is 11.3 Å². The second-order valence-corrected chi connectivity index (χ2v) is 6.05.